The standard InChI is InChI=1S/C13H23N3O/c1-11(2)16(8-3-9-17)13(10-14)12-4-6-15-7-5-12/h4-7,11,13,17H,3,8-10,14H2,1-2H3. The molecule has 1 atom stereocenters. The Hall–Kier alpha value is -0.970. The van der Waals surface area contributed by atoms with Crippen LogP contribution in [0.3, 0.4) is 0 Å². The minimum Gasteiger partial charge on any atom is -0.396 e. The average Bonchev–Trinajstić information content (AvgIpc) is 2.35. The second kappa shape index (κ2) is 7.37. The van der Waals surface area contributed by atoms with Crippen LogP contribution < -0.4 is 5.73 Å². The van der Waals surface area contributed by atoms with Gasteiger partial charge in [-0.05, 0) is 38.0 Å². The molecule has 1 aromatic heterocycles. The second-order valence-electron chi connectivity index (χ2n) is 4.44. The molecule has 1 heterocycles. The molecule has 1 aromatic rings. The average molecular weight is 237 g/mol. The molecule has 0 aliphatic heterocycles. The van der Waals surface area contributed by atoms with Gasteiger partial charge in [0.2, 0.25) is 0 Å². The van der Waals surface area contributed by atoms with Gasteiger partial charge < -0.3 is 10.8 Å². The predicted octanol–water partition coefficient (Wildman–Crippen LogP) is 1.17. The van der Waals surface area contributed by atoms with E-state index in [1.807, 2.05) is 12.1 Å². The van der Waals surface area contributed by atoms with Crippen LogP contribution in [-0.2, 0) is 0 Å². The van der Waals surface area contributed by atoms with Crippen molar-refractivity contribution in [2.45, 2.75) is 32.4 Å². The molecule has 0 radical (unpaired) electrons. The van der Waals surface area contributed by atoms with Crippen molar-refractivity contribution in [3.8, 4) is 0 Å². The van der Waals surface area contributed by atoms with Crippen LogP contribution in [0.1, 0.15) is 31.9 Å². The van der Waals surface area contributed by atoms with Crippen molar-refractivity contribution in [2.75, 3.05) is 19.7 Å². The summed E-state index contributed by atoms with van der Waals surface area (Å²) in [6.07, 6.45) is 4.37. The van der Waals surface area contributed by atoms with Gasteiger partial charge in [0.25, 0.3) is 0 Å². The summed E-state index contributed by atoms with van der Waals surface area (Å²) in [6.45, 7) is 5.96. The van der Waals surface area contributed by atoms with Crippen molar-refractivity contribution in [3.05, 3.63) is 30.1 Å². The molecule has 1 rings (SSSR count). The van der Waals surface area contributed by atoms with Gasteiger partial charge in [0, 0.05) is 44.2 Å². The van der Waals surface area contributed by atoms with Gasteiger partial charge in [0.1, 0.15) is 0 Å². The molecule has 0 bridgehead atoms. The molecule has 4 heteroatoms. The van der Waals surface area contributed by atoms with E-state index in [0.717, 1.165) is 13.0 Å². The van der Waals surface area contributed by atoms with Gasteiger partial charge in [0.15, 0.2) is 0 Å². The zero-order valence-corrected chi connectivity index (χ0v) is 10.7. The van der Waals surface area contributed by atoms with E-state index < -0.39 is 0 Å². The SMILES string of the molecule is CC(C)N(CCCO)C(CN)c1ccncc1. The third-order valence-corrected chi connectivity index (χ3v) is 2.95. The number of hydrogen-bond acceptors (Lipinski definition) is 4. The summed E-state index contributed by atoms with van der Waals surface area (Å²) >= 11 is 0. The Balaban J connectivity index is 2.81. The van der Waals surface area contributed by atoms with Crippen molar-refractivity contribution in [3.63, 3.8) is 0 Å². The first-order valence-corrected chi connectivity index (χ1v) is 6.17. The number of pyridine rings is 1. The number of aliphatic hydroxyl groups is 1. The summed E-state index contributed by atoms with van der Waals surface area (Å²) in [5.41, 5.74) is 7.08. The Kier molecular flexibility index (Phi) is 6.11. The molecule has 3 N–H and O–H groups in total. The smallest absolute Gasteiger partial charge is 0.0474 e. The summed E-state index contributed by atoms with van der Waals surface area (Å²) in [4.78, 5) is 6.35. The lowest BCUT2D eigenvalue weighted by molar-refractivity contribution is 0.141. The summed E-state index contributed by atoms with van der Waals surface area (Å²) < 4.78 is 0. The molecule has 1 unspecified atom stereocenters. The number of nitrogens with two attached hydrogens (primary N) is 1. The van der Waals surface area contributed by atoms with Crippen LogP contribution >= 0.6 is 0 Å². The lowest BCUT2D eigenvalue weighted by Crippen LogP contribution is -2.39. The Morgan fingerprint density at radius 2 is 2.00 bits per heavy atom. The van der Waals surface area contributed by atoms with E-state index >= 15 is 0 Å². The van der Waals surface area contributed by atoms with Crippen molar-refractivity contribution in [1.29, 1.82) is 0 Å². The van der Waals surface area contributed by atoms with Crippen LogP contribution in [0, 0.1) is 0 Å². The van der Waals surface area contributed by atoms with E-state index in [9.17, 15) is 0 Å². The maximum absolute atomic E-state index is 8.95. The molecule has 0 fully saturated rings. The highest BCUT2D eigenvalue weighted by molar-refractivity contribution is 5.15. The molecule has 17 heavy (non-hydrogen) atoms. The van der Waals surface area contributed by atoms with Crippen LogP contribution in [0.15, 0.2) is 24.5 Å². The second-order valence-corrected chi connectivity index (χ2v) is 4.44. The molecule has 0 aliphatic carbocycles. The number of nitrogens with zero attached hydrogens (tertiary/aromatic N) is 2. The lowest BCUT2D eigenvalue weighted by atomic mass is 10.0. The number of hydrogen-bond donors (Lipinski definition) is 2. The maximum atomic E-state index is 8.95. The Morgan fingerprint density at radius 1 is 1.35 bits per heavy atom. The maximum Gasteiger partial charge on any atom is 0.0474 e. The first kappa shape index (κ1) is 14.1. The van der Waals surface area contributed by atoms with Crippen LogP contribution in [0.4, 0.5) is 0 Å². The fourth-order valence-corrected chi connectivity index (χ4v) is 2.08. The Labute approximate surface area is 103 Å². The van der Waals surface area contributed by atoms with Crippen molar-refractivity contribution < 1.29 is 5.11 Å². The quantitative estimate of drug-likeness (QED) is 0.747. The van der Waals surface area contributed by atoms with Crippen molar-refractivity contribution >= 4 is 0 Å². The highest BCUT2D eigenvalue weighted by Gasteiger charge is 2.20. The van der Waals surface area contributed by atoms with E-state index in [0.29, 0.717) is 12.6 Å². The summed E-state index contributed by atoms with van der Waals surface area (Å²) in [5, 5.41) is 8.95. The molecule has 0 saturated heterocycles. The van der Waals surface area contributed by atoms with E-state index in [2.05, 4.69) is 23.7 Å². The van der Waals surface area contributed by atoms with Crippen LogP contribution in [0.25, 0.3) is 0 Å². The molecule has 0 spiro atoms. The number of rotatable bonds is 7. The zero-order valence-electron chi connectivity index (χ0n) is 10.7. The van der Waals surface area contributed by atoms with E-state index in [-0.39, 0.29) is 12.6 Å². The van der Waals surface area contributed by atoms with Gasteiger partial charge in [-0.3, -0.25) is 9.88 Å². The fraction of sp³-hybridized carbons (Fsp3) is 0.615. The molecule has 0 aromatic carbocycles. The molecule has 0 aliphatic rings. The Morgan fingerprint density at radius 3 is 2.47 bits per heavy atom. The highest BCUT2D eigenvalue weighted by Crippen LogP contribution is 2.21. The summed E-state index contributed by atoms with van der Waals surface area (Å²) in [5.74, 6) is 0. The third kappa shape index (κ3) is 4.07. The highest BCUT2D eigenvalue weighted by atomic mass is 16.3. The third-order valence-electron chi connectivity index (χ3n) is 2.95. The normalized spacial score (nSPS) is 13.3. The monoisotopic (exact) mass is 237 g/mol. The molecule has 0 amide bonds. The molecular formula is C13H23N3O. The largest absolute Gasteiger partial charge is 0.396 e. The lowest BCUT2D eigenvalue weighted by Gasteiger charge is -2.34. The minimum absolute atomic E-state index is 0.199. The predicted molar refractivity (Wildman–Crippen MR) is 69.6 cm³/mol. The first-order valence-electron chi connectivity index (χ1n) is 6.17. The topological polar surface area (TPSA) is 62.4 Å². The van der Waals surface area contributed by atoms with Gasteiger partial charge >= 0.3 is 0 Å². The minimum atomic E-state index is 0.199. The van der Waals surface area contributed by atoms with Crippen molar-refractivity contribution in [2.24, 2.45) is 5.73 Å². The molecule has 0 saturated carbocycles. The van der Waals surface area contributed by atoms with Gasteiger partial charge in [-0.1, -0.05) is 0 Å². The van der Waals surface area contributed by atoms with Crippen LogP contribution in [0.5, 0.6) is 0 Å². The first-order chi connectivity index (χ1) is 8.20. The fourth-order valence-electron chi connectivity index (χ4n) is 2.08. The molecule has 4 nitrogen and oxygen atoms in total. The summed E-state index contributed by atoms with van der Waals surface area (Å²) in [6, 6.07) is 4.62. The van der Waals surface area contributed by atoms with E-state index in [4.69, 9.17) is 10.8 Å². The van der Waals surface area contributed by atoms with Gasteiger partial charge in [0.05, 0.1) is 0 Å². The number of aliphatic hydroxyl groups excluding tert-OH is 1. The van der Waals surface area contributed by atoms with E-state index in [1.54, 1.807) is 12.4 Å². The van der Waals surface area contributed by atoms with Gasteiger partial charge in [-0.25, -0.2) is 0 Å². The number of aromatic nitrogens is 1. The van der Waals surface area contributed by atoms with E-state index in [1.165, 1.54) is 5.56 Å². The van der Waals surface area contributed by atoms with Gasteiger partial charge in [-0.15, -0.1) is 0 Å². The zero-order chi connectivity index (χ0) is 12.7. The van der Waals surface area contributed by atoms with Crippen LogP contribution in [-0.4, -0.2) is 40.7 Å². The van der Waals surface area contributed by atoms with Gasteiger partial charge in [-0.2, -0.15) is 0 Å². The van der Waals surface area contributed by atoms with Crippen molar-refractivity contribution in [1.82, 2.24) is 9.88 Å². The summed E-state index contributed by atoms with van der Waals surface area (Å²) in [7, 11) is 0. The molecular weight excluding hydrogens is 214 g/mol. The van der Waals surface area contributed by atoms with Crippen LogP contribution in [0.2, 0.25) is 0 Å². The Bertz CT molecular complexity index is 303. The molecule has 96 valence electrons.